The maximum Gasteiger partial charge on any atom is 0.345 e. The largest absolute Gasteiger partial charge is 0.477 e. The fraction of sp³-hybridized carbons (Fsp3) is 0.615. The molecule has 1 aliphatic rings. The van der Waals surface area contributed by atoms with Crippen molar-refractivity contribution in [2.75, 3.05) is 19.6 Å². The van der Waals surface area contributed by atoms with Crippen LogP contribution in [0.5, 0.6) is 0 Å². The molecule has 1 aromatic heterocycles. The van der Waals surface area contributed by atoms with Crippen LogP contribution in [0.4, 0.5) is 0 Å². The summed E-state index contributed by atoms with van der Waals surface area (Å²) in [5, 5.41) is 8.85. The van der Waals surface area contributed by atoms with Crippen molar-refractivity contribution in [2.45, 2.75) is 36.4 Å². The molecular weight excluding hydrogens is 312 g/mol. The second-order valence-electron chi connectivity index (χ2n) is 5.31. The molecule has 2 rings (SSSR count). The van der Waals surface area contributed by atoms with Crippen molar-refractivity contribution in [3.05, 3.63) is 17.0 Å². The molecule has 0 aliphatic carbocycles. The number of carboxylic acid groups (broad SMARTS) is 1. The third-order valence-electron chi connectivity index (χ3n) is 3.39. The summed E-state index contributed by atoms with van der Waals surface area (Å²) in [4.78, 5) is 13.1. The highest BCUT2D eigenvalue weighted by Crippen LogP contribution is 2.21. The van der Waals surface area contributed by atoms with Crippen molar-refractivity contribution in [3.8, 4) is 0 Å². The lowest BCUT2D eigenvalue weighted by Crippen LogP contribution is -2.43. The highest BCUT2D eigenvalue weighted by molar-refractivity contribution is 7.91. The lowest BCUT2D eigenvalue weighted by molar-refractivity contribution is 0.0702. The van der Waals surface area contributed by atoms with Gasteiger partial charge >= 0.3 is 5.97 Å². The molecule has 1 unspecified atom stereocenters. The maximum absolute atomic E-state index is 12.2. The first-order valence-corrected chi connectivity index (χ1v) is 9.26. The third-order valence-corrected chi connectivity index (χ3v) is 6.55. The van der Waals surface area contributed by atoms with Crippen molar-refractivity contribution in [3.63, 3.8) is 0 Å². The molecule has 1 saturated heterocycles. The first kappa shape index (κ1) is 16.4. The first-order valence-electron chi connectivity index (χ1n) is 6.96. The number of sulfonamides is 1. The van der Waals surface area contributed by atoms with Gasteiger partial charge in [0.25, 0.3) is 0 Å². The number of carboxylic acids is 1. The van der Waals surface area contributed by atoms with E-state index in [0.717, 1.165) is 37.3 Å². The Morgan fingerprint density at radius 1 is 1.38 bits per heavy atom. The zero-order valence-electron chi connectivity index (χ0n) is 11.9. The number of hydrogen-bond donors (Lipinski definition) is 2. The van der Waals surface area contributed by atoms with Gasteiger partial charge in [-0.25, -0.2) is 17.9 Å². The minimum atomic E-state index is -3.64. The van der Waals surface area contributed by atoms with Crippen LogP contribution in [-0.2, 0) is 10.0 Å². The first-order chi connectivity index (χ1) is 9.88. The zero-order chi connectivity index (χ0) is 15.5. The molecule has 21 heavy (non-hydrogen) atoms. The van der Waals surface area contributed by atoms with Gasteiger partial charge in [-0.2, -0.15) is 0 Å². The Morgan fingerprint density at radius 2 is 2.05 bits per heavy atom. The normalized spacial score (nSPS) is 18.5. The average molecular weight is 332 g/mol. The van der Waals surface area contributed by atoms with Crippen LogP contribution in [0.25, 0.3) is 0 Å². The van der Waals surface area contributed by atoms with Crippen molar-refractivity contribution >= 4 is 27.3 Å². The third kappa shape index (κ3) is 4.50. The quantitative estimate of drug-likeness (QED) is 0.826. The molecule has 2 N–H and O–H groups in total. The molecule has 8 heteroatoms. The van der Waals surface area contributed by atoms with Crippen LogP contribution < -0.4 is 4.72 Å². The van der Waals surface area contributed by atoms with Crippen molar-refractivity contribution in [1.29, 1.82) is 0 Å². The van der Waals surface area contributed by atoms with Gasteiger partial charge in [0.05, 0.1) is 0 Å². The molecule has 0 bridgehead atoms. The van der Waals surface area contributed by atoms with Crippen LogP contribution in [0.3, 0.4) is 0 Å². The summed E-state index contributed by atoms with van der Waals surface area (Å²) in [7, 11) is -3.64. The predicted octanol–water partition coefficient (Wildman–Crippen LogP) is 1.60. The van der Waals surface area contributed by atoms with Gasteiger partial charge in [0.1, 0.15) is 9.09 Å². The Morgan fingerprint density at radius 3 is 2.62 bits per heavy atom. The number of aromatic carboxylic acids is 1. The lowest BCUT2D eigenvalue weighted by Gasteiger charge is -2.29. The molecule has 2 heterocycles. The summed E-state index contributed by atoms with van der Waals surface area (Å²) >= 11 is 0.772. The molecule has 0 amide bonds. The van der Waals surface area contributed by atoms with E-state index in [9.17, 15) is 13.2 Å². The molecule has 1 aromatic rings. The average Bonchev–Trinajstić information content (AvgIpc) is 2.89. The van der Waals surface area contributed by atoms with Crippen LogP contribution >= 0.6 is 11.3 Å². The number of thiophene rings is 1. The van der Waals surface area contributed by atoms with E-state index in [1.54, 1.807) is 0 Å². The van der Waals surface area contributed by atoms with E-state index in [0.29, 0.717) is 6.54 Å². The zero-order valence-corrected chi connectivity index (χ0v) is 13.5. The van der Waals surface area contributed by atoms with Crippen LogP contribution in [-0.4, -0.2) is 50.1 Å². The highest BCUT2D eigenvalue weighted by atomic mass is 32.2. The van der Waals surface area contributed by atoms with E-state index < -0.39 is 16.0 Å². The summed E-state index contributed by atoms with van der Waals surface area (Å²) in [5.74, 6) is -1.11. The lowest BCUT2D eigenvalue weighted by atomic mass is 10.1. The molecule has 0 spiro atoms. The van der Waals surface area contributed by atoms with Gasteiger partial charge < -0.3 is 10.0 Å². The van der Waals surface area contributed by atoms with Gasteiger partial charge in [-0.15, -0.1) is 11.3 Å². The molecule has 1 aliphatic heterocycles. The van der Waals surface area contributed by atoms with Crippen molar-refractivity contribution < 1.29 is 18.3 Å². The predicted molar refractivity (Wildman–Crippen MR) is 81.4 cm³/mol. The molecular formula is C13H20N2O4S2. The minimum absolute atomic E-state index is 0.0269. The smallest absolute Gasteiger partial charge is 0.345 e. The molecule has 0 saturated carbocycles. The number of piperidine rings is 1. The van der Waals surface area contributed by atoms with Gasteiger partial charge in [0, 0.05) is 12.6 Å². The topological polar surface area (TPSA) is 86.7 Å². The summed E-state index contributed by atoms with van der Waals surface area (Å²) in [6.07, 6.45) is 3.56. The fourth-order valence-electron chi connectivity index (χ4n) is 2.47. The van der Waals surface area contributed by atoms with Gasteiger partial charge in [-0.1, -0.05) is 6.42 Å². The molecule has 6 nitrogen and oxygen atoms in total. The van der Waals surface area contributed by atoms with Gasteiger partial charge in [-0.05, 0) is 45.0 Å². The summed E-state index contributed by atoms with van der Waals surface area (Å²) in [6.45, 7) is 4.52. The molecule has 0 aromatic carbocycles. The fourth-order valence-corrected chi connectivity index (χ4v) is 4.87. The van der Waals surface area contributed by atoms with Crippen LogP contribution in [0.2, 0.25) is 0 Å². The Balaban J connectivity index is 1.97. The maximum atomic E-state index is 12.2. The second kappa shape index (κ2) is 6.87. The number of carbonyl (C=O) groups is 1. The van der Waals surface area contributed by atoms with E-state index >= 15 is 0 Å². The molecule has 1 fully saturated rings. The van der Waals surface area contributed by atoms with Crippen molar-refractivity contribution in [1.82, 2.24) is 9.62 Å². The number of nitrogens with zero attached hydrogens (tertiary/aromatic N) is 1. The van der Waals surface area contributed by atoms with Crippen LogP contribution in [0.1, 0.15) is 35.9 Å². The molecule has 0 radical (unpaired) electrons. The minimum Gasteiger partial charge on any atom is -0.477 e. The monoisotopic (exact) mass is 332 g/mol. The molecule has 118 valence electrons. The van der Waals surface area contributed by atoms with E-state index in [4.69, 9.17) is 5.11 Å². The Labute approximate surface area is 128 Å². The van der Waals surface area contributed by atoms with Crippen LogP contribution in [0, 0.1) is 0 Å². The van der Waals surface area contributed by atoms with E-state index in [1.807, 2.05) is 6.92 Å². The number of nitrogens with one attached hydrogen (secondary N) is 1. The Bertz CT molecular complexity index is 591. The Hall–Kier alpha value is -0.960. The second-order valence-corrected chi connectivity index (χ2v) is 8.33. The number of rotatable bonds is 6. The van der Waals surface area contributed by atoms with Gasteiger partial charge in [0.15, 0.2) is 0 Å². The standard InChI is InChI=1S/C13H20N2O4S2/c1-10(9-15-7-3-2-4-8-15)14-21(18,19)12-6-5-11(20-12)13(16)17/h5-6,10,14H,2-4,7-9H2,1H3,(H,16,17). The summed E-state index contributed by atoms with van der Waals surface area (Å²) < 4.78 is 27.1. The SMILES string of the molecule is CC(CN1CCCCC1)NS(=O)(=O)c1ccc(C(=O)O)s1. The van der Waals surface area contributed by atoms with Gasteiger partial charge in [-0.3, -0.25) is 0 Å². The van der Waals surface area contributed by atoms with Crippen LogP contribution in [0.15, 0.2) is 16.3 Å². The number of hydrogen-bond acceptors (Lipinski definition) is 5. The summed E-state index contributed by atoms with van der Waals surface area (Å²) in [6, 6.07) is 2.45. The van der Waals surface area contributed by atoms with E-state index in [-0.39, 0.29) is 15.1 Å². The van der Waals surface area contributed by atoms with E-state index in [1.165, 1.54) is 18.6 Å². The molecule has 1 atom stereocenters. The van der Waals surface area contributed by atoms with E-state index in [2.05, 4.69) is 9.62 Å². The van der Waals surface area contributed by atoms with Crippen molar-refractivity contribution in [2.24, 2.45) is 0 Å². The van der Waals surface area contributed by atoms with Gasteiger partial charge in [0.2, 0.25) is 10.0 Å². The highest BCUT2D eigenvalue weighted by Gasteiger charge is 2.22. The number of likely N-dealkylation sites (tertiary alicyclic amines) is 1. The summed E-state index contributed by atoms with van der Waals surface area (Å²) in [5.41, 5.74) is 0. The Kier molecular flexibility index (Phi) is 5.37.